The number of ketones is 1. The van der Waals surface area contributed by atoms with Gasteiger partial charge in [0.2, 0.25) is 0 Å². The summed E-state index contributed by atoms with van der Waals surface area (Å²) in [6.45, 7) is 6.04. The number of non-ortho nitro benzene ring substituents is 1. The standard InChI is InChI=1S/C15H18N2O4/c1-4-16(5-2)15(19)14(11(3)18)10-12-6-8-13(9-7-12)17(20)21/h6-10H,4-5H2,1-3H3/b14-10+. The molecule has 0 unspecified atom stereocenters. The molecule has 0 aliphatic carbocycles. The van der Waals surface area contributed by atoms with E-state index in [4.69, 9.17) is 0 Å². The summed E-state index contributed by atoms with van der Waals surface area (Å²) >= 11 is 0. The molecule has 1 amide bonds. The Morgan fingerprint density at radius 1 is 1.19 bits per heavy atom. The first kappa shape index (κ1) is 16.6. The van der Waals surface area contributed by atoms with Crippen LogP contribution in [0.3, 0.4) is 0 Å². The molecular formula is C15H18N2O4. The van der Waals surface area contributed by atoms with Crippen LogP contribution in [-0.2, 0) is 9.59 Å². The first-order chi connectivity index (χ1) is 9.90. The summed E-state index contributed by atoms with van der Waals surface area (Å²) < 4.78 is 0. The molecule has 0 fully saturated rings. The SMILES string of the molecule is CCN(CC)C(=O)/C(=C/c1ccc([N+](=O)[O-])cc1)C(C)=O. The number of carbonyl (C=O) groups is 2. The van der Waals surface area contributed by atoms with Gasteiger partial charge in [-0.15, -0.1) is 0 Å². The smallest absolute Gasteiger partial charge is 0.269 e. The molecule has 0 N–H and O–H groups in total. The first-order valence-electron chi connectivity index (χ1n) is 6.67. The van der Waals surface area contributed by atoms with Crippen molar-refractivity contribution in [2.45, 2.75) is 20.8 Å². The molecule has 1 rings (SSSR count). The second kappa shape index (κ2) is 7.33. The molecule has 0 aliphatic heterocycles. The minimum absolute atomic E-state index is 0.0356. The fraction of sp³-hybridized carbons (Fsp3) is 0.333. The Labute approximate surface area is 123 Å². The minimum atomic E-state index is -0.500. The van der Waals surface area contributed by atoms with Crippen LogP contribution >= 0.6 is 0 Å². The molecule has 0 radical (unpaired) electrons. The van der Waals surface area contributed by atoms with Crippen LogP contribution in [0.5, 0.6) is 0 Å². The molecule has 112 valence electrons. The highest BCUT2D eigenvalue weighted by Crippen LogP contribution is 2.16. The lowest BCUT2D eigenvalue weighted by atomic mass is 10.1. The Bertz CT molecular complexity index is 572. The molecule has 0 bridgehead atoms. The number of benzene rings is 1. The Hall–Kier alpha value is -2.50. The average Bonchev–Trinajstić information content (AvgIpc) is 2.46. The second-order valence-electron chi connectivity index (χ2n) is 4.44. The Kier molecular flexibility index (Phi) is 5.78. The van der Waals surface area contributed by atoms with Gasteiger partial charge in [-0.1, -0.05) is 0 Å². The number of rotatable bonds is 6. The number of carbonyl (C=O) groups excluding carboxylic acids is 2. The van der Waals surface area contributed by atoms with E-state index in [0.29, 0.717) is 18.7 Å². The van der Waals surface area contributed by atoms with E-state index in [0.717, 1.165) is 0 Å². The molecule has 0 saturated carbocycles. The van der Waals surface area contributed by atoms with Crippen molar-refractivity contribution in [1.82, 2.24) is 4.90 Å². The molecule has 6 heteroatoms. The monoisotopic (exact) mass is 290 g/mol. The summed E-state index contributed by atoms with van der Waals surface area (Å²) in [6, 6.07) is 5.70. The minimum Gasteiger partial charge on any atom is -0.339 e. The highest BCUT2D eigenvalue weighted by Gasteiger charge is 2.19. The Morgan fingerprint density at radius 3 is 2.10 bits per heavy atom. The summed E-state index contributed by atoms with van der Waals surface area (Å²) in [5, 5.41) is 10.6. The van der Waals surface area contributed by atoms with Gasteiger partial charge in [-0.3, -0.25) is 19.7 Å². The van der Waals surface area contributed by atoms with E-state index in [1.165, 1.54) is 37.3 Å². The van der Waals surface area contributed by atoms with Gasteiger partial charge >= 0.3 is 0 Å². The zero-order valence-corrected chi connectivity index (χ0v) is 12.3. The van der Waals surface area contributed by atoms with Gasteiger partial charge in [-0.25, -0.2) is 0 Å². The van der Waals surface area contributed by atoms with Crippen molar-refractivity contribution in [3.8, 4) is 0 Å². The normalized spacial score (nSPS) is 11.1. The number of nitrogens with zero attached hydrogens (tertiary/aromatic N) is 2. The number of likely N-dealkylation sites (N-methyl/N-ethyl adjacent to an activating group) is 1. The zero-order valence-electron chi connectivity index (χ0n) is 12.3. The Morgan fingerprint density at radius 2 is 1.71 bits per heavy atom. The zero-order chi connectivity index (χ0) is 16.0. The van der Waals surface area contributed by atoms with Gasteiger partial charge in [0.05, 0.1) is 10.5 Å². The van der Waals surface area contributed by atoms with Crippen LogP contribution in [0, 0.1) is 10.1 Å². The van der Waals surface area contributed by atoms with Crippen LogP contribution in [-0.4, -0.2) is 34.6 Å². The van der Waals surface area contributed by atoms with Gasteiger partial charge in [0.15, 0.2) is 5.78 Å². The number of hydrogen-bond donors (Lipinski definition) is 0. The van der Waals surface area contributed by atoms with E-state index in [-0.39, 0.29) is 23.0 Å². The number of nitro benzene ring substituents is 1. The summed E-state index contributed by atoms with van der Waals surface area (Å²) in [4.78, 5) is 35.6. The number of Topliss-reactive ketones (excluding diaryl/α,β-unsaturated/α-hetero) is 1. The maximum absolute atomic E-state index is 12.3. The quantitative estimate of drug-likeness (QED) is 0.265. The third kappa shape index (κ3) is 4.24. The van der Waals surface area contributed by atoms with Crippen molar-refractivity contribution < 1.29 is 14.5 Å². The highest BCUT2D eigenvalue weighted by atomic mass is 16.6. The van der Waals surface area contributed by atoms with Gasteiger partial charge in [0.1, 0.15) is 0 Å². The van der Waals surface area contributed by atoms with Gasteiger partial charge in [-0.05, 0) is 44.5 Å². The fourth-order valence-electron chi connectivity index (χ4n) is 1.85. The van der Waals surface area contributed by atoms with Crippen LogP contribution in [0.15, 0.2) is 29.8 Å². The van der Waals surface area contributed by atoms with Crippen LogP contribution in [0.25, 0.3) is 6.08 Å². The van der Waals surface area contributed by atoms with Crippen LogP contribution in [0.4, 0.5) is 5.69 Å². The molecule has 0 aliphatic rings. The topological polar surface area (TPSA) is 80.5 Å². The van der Waals surface area contributed by atoms with E-state index >= 15 is 0 Å². The van der Waals surface area contributed by atoms with Gasteiger partial charge in [0.25, 0.3) is 11.6 Å². The number of amides is 1. The van der Waals surface area contributed by atoms with E-state index < -0.39 is 4.92 Å². The van der Waals surface area contributed by atoms with E-state index in [2.05, 4.69) is 0 Å². The second-order valence-corrected chi connectivity index (χ2v) is 4.44. The summed E-state index contributed by atoms with van der Waals surface area (Å²) in [6.07, 6.45) is 1.46. The van der Waals surface area contributed by atoms with Crippen molar-refractivity contribution >= 4 is 23.5 Å². The predicted octanol–water partition coefficient (Wildman–Crippen LogP) is 2.44. The largest absolute Gasteiger partial charge is 0.339 e. The molecular weight excluding hydrogens is 272 g/mol. The van der Waals surface area contributed by atoms with Crippen molar-refractivity contribution in [2.75, 3.05) is 13.1 Å². The van der Waals surface area contributed by atoms with Crippen LogP contribution in [0.1, 0.15) is 26.3 Å². The maximum atomic E-state index is 12.3. The van der Waals surface area contributed by atoms with Crippen molar-refractivity contribution in [1.29, 1.82) is 0 Å². The lowest BCUT2D eigenvalue weighted by molar-refractivity contribution is -0.384. The number of nitro groups is 1. The van der Waals surface area contributed by atoms with Gasteiger partial charge in [-0.2, -0.15) is 0 Å². The third-order valence-electron chi connectivity index (χ3n) is 3.08. The van der Waals surface area contributed by atoms with E-state index in [1.807, 2.05) is 13.8 Å². The average molecular weight is 290 g/mol. The van der Waals surface area contributed by atoms with Gasteiger partial charge in [0, 0.05) is 25.2 Å². The summed E-state index contributed by atoms with van der Waals surface area (Å²) in [7, 11) is 0. The van der Waals surface area contributed by atoms with Gasteiger partial charge < -0.3 is 4.90 Å². The maximum Gasteiger partial charge on any atom is 0.269 e. The molecule has 6 nitrogen and oxygen atoms in total. The van der Waals surface area contributed by atoms with E-state index in [9.17, 15) is 19.7 Å². The number of hydrogen-bond acceptors (Lipinski definition) is 4. The summed E-state index contributed by atoms with van der Waals surface area (Å²) in [5.41, 5.74) is 0.616. The predicted molar refractivity (Wildman–Crippen MR) is 79.7 cm³/mol. The fourth-order valence-corrected chi connectivity index (χ4v) is 1.85. The highest BCUT2D eigenvalue weighted by molar-refractivity contribution is 6.21. The lowest BCUT2D eigenvalue weighted by Gasteiger charge is -2.19. The third-order valence-corrected chi connectivity index (χ3v) is 3.08. The molecule has 0 heterocycles. The molecule has 0 atom stereocenters. The van der Waals surface area contributed by atoms with Crippen molar-refractivity contribution in [2.24, 2.45) is 0 Å². The molecule has 0 spiro atoms. The van der Waals surface area contributed by atoms with E-state index in [1.54, 1.807) is 4.90 Å². The molecule has 0 saturated heterocycles. The van der Waals surface area contributed by atoms with Crippen LogP contribution in [0.2, 0.25) is 0 Å². The van der Waals surface area contributed by atoms with Crippen LogP contribution < -0.4 is 0 Å². The molecule has 21 heavy (non-hydrogen) atoms. The first-order valence-corrected chi connectivity index (χ1v) is 6.67. The Balaban J connectivity index is 3.13. The molecule has 1 aromatic rings. The lowest BCUT2D eigenvalue weighted by Crippen LogP contribution is -2.33. The van der Waals surface area contributed by atoms with Crippen molar-refractivity contribution in [3.63, 3.8) is 0 Å². The van der Waals surface area contributed by atoms with Crippen molar-refractivity contribution in [3.05, 3.63) is 45.5 Å². The summed E-state index contributed by atoms with van der Waals surface area (Å²) in [5.74, 6) is -0.656. The molecule has 0 aromatic heterocycles. The molecule has 1 aromatic carbocycles.